The third-order valence-corrected chi connectivity index (χ3v) is 3.64. The number of halogens is 3. The lowest BCUT2D eigenvalue weighted by Crippen LogP contribution is -1.91. The minimum Gasteiger partial charge on any atom is -0.454 e. The number of nitrogens with two attached hydrogens (primary N) is 1. The molecule has 0 unspecified atom stereocenters. The van der Waals surface area contributed by atoms with Crippen molar-refractivity contribution in [2.45, 2.75) is 0 Å². The Balaban J connectivity index is 2.35. The first kappa shape index (κ1) is 12.8. The van der Waals surface area contributed by atoms with E-state index in [0.29, 0.717) is 27.2 Å². The Kier molecular flexibility index (Phi) is 4.01. The molecule has 17 heavy (non-hydrogen) atoms. The molecule has 88 valence electrons. The third-order valence-electron chi connectivity index (χ3n) is 2.11. The van der Waals surface area contributed by atoms with Crippen molar-refractivity contribution in [3.63, 3.8) is 0 Å². The normalized spacial score (nSPS) is 10.3. The fourth-order valence-electron chi connectivity index (χ4n) is 1.27. The molecule has 2 nitrogen and oxygen atoms in total. The van der Waals surface area contributed by atoms with Crippen LogP contribution in [0.4, 0.5) is 5.69 Å². The molecule has 0 aliphatic heterocycles. The van der Waals surface area contributed by atoms with Crippen LogP contribution in [0.2, 0.25) is 10.0 Å². The Bertz CT molecular complexity index is 540. The van der Waals surface area contributed by atoms with Gasteiger partial charge in [-0.05, 0) is 52.9 Å². The maximum Gasteiger partial charge on any atom is 0.164 e. The minimum atomic E-state index is 0.455. The van der Waals surface area contributed by atoms with E-state index in [2.05, 4.69) is 22.6 Å². The van der Waals surface area contributed by atoms with Crippen molar-refractivity contribution in [3.05, 3.63) is 50.0 Å². The van der Waals surface area contributed by atoms with Crippen LogP contribution in [0.3, 0.4) is 0 Å². The predicted octanol–water partition coefficient (Wildman–Crippen LogP) is 4.97. The van der Waals surface area contributed by atoms with Crippen LogP contribution in [0.25, 0.3) is 0 Å². The molecule has 0 aromatic heterocycles. The van der Waals surface area contributed by atoms with Crippen LogP contribution in [0, 0.1) is 3.57 Å². The molecule has 2 rings (SSSR count). The van der Waals surface area contributed by atoms with E-state index in [0.717, 1.165) is 3.57 Å². The van der Waals surface area contributed by atoms with E-state index in [-0.39, 0.29) is 0 Å². The summed E-state index contributed by atoms with van der Waals surface area (Å²) in [4.78, 5) is 0. The van der Waals surface area contributed by atoms with Crippen molar-refractivity contribution < 1.29 is 4.74 Å². The lowest BCUT2D eigenvalue weighted by molar-refractivity contribution is 0.483. The second-order valence-corrected chi connectivity index (χ2v) is 5.31. The van der Waals surface area contributed by atoms with E-state index in [1.54, 1.807) is 30.3 Å². The van der Waals surface area contributed by atoms with Gasteiger partial charge in [0.25, 0.3) is 0 Å². The van der Waals surface area contributed by atoms with Gasteiger partial charge in [0.2, 0.25) is 0 Å². The molecular weight excluding hydrogens is 372 g/mol. The monoisotopic (exact) mass is 379 g/mol. The van der Waals surface area contributed by atoms with Gasteiger partial charge < -0.3 is 10.5 Å². The van der Waals surface area contributed by atoms with Gasteiger partial charge in [0, 0.05) is 9.26 Å². The number of hydrogen-bond acceptors (Lipinski definition) is 2. The molecule has 5 heteroatoms. The average Bonchev–Trinajstić information content (AvgIpc) is 2.28. The van der Waals surface area contributed by atoms with E-state index >= 15 is 0 Å². The highest BCUT2D eigenvalue weighted by Gasteiger charge is 2.08. The van der Waals surface area contributed by atoms with Gasteiger partial charge in [0.05, 0.1) is 10.0 Å². The number of rotatable bonds is 2. The second kappa shape index (κ2) is 5.33. The Morgan fingerprint density at radius 1 is 1.06 bits per heavy atom. The zero-order chi connectivity index (χ0) is 12.4. The molecule has 2 aromatic rings. The molecule has 0 bridgehead atoms. The molecule has 0 saturated carbocycles. The maximum absolute atomic E-state index is 6.01. The lowest BCUT2D eigenvalue weighted by atomic mass is 10.3. The van der Waals surface area contributed by atoms with E-state index in [9.17, 15) is 0 Å². The second-order valence-electron chi connectivity index (χ2n) is 3.34. The predicted molar refractivity (Wildman–Crippen MR) is 80.1 cm³/mol. The fourth-order valence-corrected chi connectivity index (χ4v) is 2.23. The molecule has 0 saturated heterocycles. The summed E-state index contributed by atoms with van der Waals surface area (Å²) in [6.07, 6.45) is 0. The van der Waals surface area contributed by atoms with Crippen molar-refractivity contribution in [2.24, 2.45) is 0 Å². The highest BCUT2D eigenvalue weighted by atomic mass is 127. The van der Waals surface area contributed by atoms with E-state index in [4.69, 9.17) is 33.7 Å². The molecule has 0 aliphatic carbocycles. The zero-order valence-electron chi connectivity index (χ0n) is 8.58. The summed E-state index contributed by atoms with van der Waals surface area (Å²) in [5, 5.41) is 0.952. The molecule has 0 radical (unpaired) electrons. The Labute approximate surface area is 123 Å². The van der Waals surface area contributed by atoms with Crippen LogP contribution in [-0.4, -0.2) is 0 Å². The summed E-state index contributed by atoms with van der Waals surface area (Å²) >= 11 is 14.2. The van der Waals surface area contributed by atoms with E-state index in [1.165, 1.54) is 0 Å². The third kappa shape index (κ3) is 2.97. The molecule has 0 spiro atoms. The summed E-state index contributed by atoms with van der Waals surface area (Å²) in [7, 11) is 0. The summed E-state index contributed by atoms with van der Waals surface area (Å²) in [6, 6.07) is 10.6. The average molecular weight is 380 g/mol. The minimum absolute atomic E-state index is 0.455. The van der Waals surface area contributed by atoms with Crippen LogP contribution in [0.5, 0.6) is 11.5 Å². The highest BCUT2D eigenvalue weighted by Crippen LogP contribution is 2.36. The highest BCUT2D eigenvalue weighted by molar-refractivity contribution is 14.1. The zero-order valence-corrected chi connectivity index (χ0v) is 12.3. The van der Waals surface area contributed by atoms with Gasteiger partial charge >= 0.3 is 0 Å². The molecule has 2 N–H and O–H groups in total. The van der Waals surface area contributed by atoms with Crippen molar-refractivity contribution >= 4 is 51.5 Å². The van der Waals surface area contributed by atoms with Crippen LogP contribution in [0.1, 0.15) is 0 Å². The fraction of sp³-hybridized carbons (Fsp3) is 0. The van der Waals surface area contributed by atoms with Gasteiger partial charge in [-0.25, -0.2) is 0 Å². The van der Waals surface area contributed by atoms with Crippen molar-refractivity contribution in [1.29, 1.82) is 0 Å². The lowest BCUT2D eigenvalue weighted by Gasteiger charge is -2.10. The van der Waals surface area contributed by atoms with Gasteiger partial charge in [-0.3, -0.25) is 0 Å². The standard InChI is InChI=1S/C12H8Cl2INO/c13-8-2-1-3-9(14)12(8)17-7-4-5-11(16)10(15)6-7/h1-6H,16H2. The van der Waals surface area contributed by atoms with E-state index < -0.39 is 0 Å². The molecular formula is C12H8Cl2INO. The molecule has 0 fully saturated rings. The summed E-state index contributed by atoms with van der Waals surface area (Å²) in [5.41, 5.74) is 6.44. The quantitative estimate of drug-likeness (QED) is 0.590. The van der Waals surface area contributed by atoms with E-state index in [1.807, 2.05) is 6.07 Å². The molecule has 0 amide bonds. The summed E-state index contributed by atoms with van der Waals surface area (Å²) in [6.45, 7) is 0. The van der Waals surface area contributed by atoms with Crippen molar-refractivity contribution in [1.82, 2.24) is 0 Å². The number of ether oxygens (including phenoxy) is 1. The van der Waals surface area contributed by atoms with Crippen molar-refractivity contribution in [2.75, 3.05) is 5.73 Å². The first-order valence-corrected chi connectivity index (χ1v) is 6.58. The summed E-state index contributed by atoms with van der Waals surface area (Å²) < 4.78 is 6.57. The molecule has 0 aliphatic rings. The van der Waals surface area contributed by atoms with Gasteiger partial charge in [-0.1, -0.05) is 29.3 Å². The number of hydrogen-bond donors (Lipinski definition) is 1. The topological polar surface area (TPSA) is 35.2 Å². The van der Waals surface area contributed by atoms with Gasteiger partial charge in [0.1, 0.15) is 5.75 Å². The number of anilines is 1. The Morgan fingerprint density at radius 2 is 1.71 bits per heavy atom. The van der Waals surface area contributed by atoms with Gasteiger partial charge in [-0.15, -0.1) is 0 Å². The summed E-state index contributed by atoms with van der Waals surface area (Å²) in [5.74, 6) is 1.11. The first-order chi connectivity index (χ1) is 8.08. The Morgan fingerprint density at radius 3 is 2.29 bits per heavy atom. The van der Waals surface area contributed by atoms with Crippen LogP contribution >= 0.6 is 45.8 Å². The van der Waals surface area contributed by atoms with Crippen LogP contribution in [-0.2, 0) is 0 Å². The van der Waals surface area contributed by atoms with Crippen LogP contribution in [0.15, 0.2) is 36.4 Å². The smallest absolute Gasteiger partial charge is 0.164 e. The number of benzene rings is 2. The van der Waals surface area contributed by atoms with Gasteiger partial charge in [-0.2, -0.15) is 0 Å². The molecule has 0 heterocycles. The number of para-hydroxylation sites is 1. The first-order valence-electron chi connectivity index (χ1n) is 4.75. The van der Waals surface area contributed by atoms with Crippen molar-refractivity contribution in [3.8, 4) is 11.5 Å². The molecule has 2 aromatic carbocycles. The largest absolute Gasteiger partial charge is 0.454 e. The van der Waals surface area contributed by atoms with Gasteiger partial charge in [0.15, 0.2) is 5.75 Å². The van der Waals surface area contributed by atoms with Crippen LogP contribution < -0.4 is 10.5 Å². The molecule has 0 atom stereocenters. The number of nitrogen functional groups attached to an aromatic ring is 1. The maximum atomic E-state index is 6.01. The SMILES string of the molecule is Nc1ccc(Oc2c(Cl)cccc2Cl)cc1I. The Hall–Kier alpha value is -0.650.